The van der Waals surface area contributed by atoms with E-state index in [1.54, 1.807) is 0 Å². The van der Waals surface area contributed by atoms with Gasteiger partial charge in [-0.15, -0.1) is 0 Å². The fourth-order valence-corrected chi connectivity index (χ4v) is 8.09. The van der Waals surface area contributed by atoms with Crippen LogP contribution in [0.3, 0.4) is 0 Å². The molecule has 1 aliphatic carbocycles. The summed E-state index contributed by atoms with van der Waals surface area (Å²) in [5.41, 5.74) is 16.4. The van der Waals surface area contributed by atoms with Crippen molar-refractivity contribution < 1.29 is 0 Å². The van der Waals surface area contributed by atoms with Crippen molar-refractivity contribution in [2.45, 2.75) is 19.3 Å². The molecule has 232 valence electrons. The molecule has 0 radical (unpaired) electrons. The van der Waals surface area contributed by atoms with E-state index in [-0.39, 0.29) is 5.41 Å². The summed E-state index contributed by atoms with van der Waals surface area (Å²) >= 11 is 0. The molecule has 0 saturated carbocycles. The molecule has 3 nitrogen and oxygen atoms in total. The minimum Gasteiger partial charge on any atom is -0.317 e. The summed E-state index contributed by atoms with van der Waals surface area (Å²) in [5, 5.41) is 2.52. The second-order valence-electron chi connectivity index (χ2n) is 13.7. The number of nitrogens with zero attached hydrogens (tertiary/aromatic N) is 3. The molecule has 0 unspecified atom stereocenters. The van der Waals surface area contributed by atoms with Gasteiger partial charge in [-0.25, -0.2) is 0 Å². The molecular weight excluding hydrogens is 595 g/mol. The van der Waals surface area contributed by atoms with Gasteiger partial charge >= 0.3 is 0 Å². The zero-order chi connectivity index (χ0) is 32.7. The molecule has 2 aliphatic rings. The molecule has 0 fully saturated rings. The van der Waals surface area contributed by atoms with Crippen molar-refractivity contribution in [3.8, 4) is 50.3 Å². The van der Waals surface area contributed by atoms with Crippen LogP contribution in [0.2, 0.25) is 0 Å². The summed E-state index contributed by atoms with van der Waals surface area (Å²) in [6, 6.07) is 53.1. The second kappa shape index (κ2) is 10.4. The lowest BCUT2D eigenvalue weighted by molar-refractivity contribution is 0.659. The van der Waals surface area contributed by atoms with E-state index in [0.29, 0.717) is 0 Å². The normalized spacial score (nSPS) is 14.0. The fourth-order valence-electron chi connectivity index (χ4n) is 8.09. The third-order valence-corrected chi connectivity index (χ3v) is 10.5. The van der Waals surface area contributed by atoms with Crippen LogP contribution in [-0.2, 0) is 5.41 Å². The quantitative estimate of drug-likeness (QED) is 0.190. The first-order valence-corrected chi connectivity index (χ1v) is 17.0. The van der Waals surface area contributed by atoms with Crippen molar-refractivity contribution in [3.05, 3.63) is 170 Å². The molecule has 0 saturated heterocycles. The number of anilines is 2. The Bertz CT molecular complexity index is 2590. The largest absolute Gasteiger partial charge is 0.317 e. The van der Waals surface area contributed by atoms with E-state index in [4.69, 9.17) is 4.98 Å². The Morgan fingerprint density at radius 2 is 1.10 bits per heavy atom. The molecular formula is C46H33N3. The predicted molar refractivity (Wildman–Crippen MR) is 205 cm³/mol. The lowest BCUT2D eigenvalue weighted by atomic mass is 9.76. The first-order valence-electron chi connectivity index (χ1n) is 17.0. The van der Waals surface area contributed by atoms with Crippen LogP contribution in [0.1, 0.15) is 19.4 Å². The molecule has 1 aliphatic heterocycles. The van der Waals surface area contributed by atoms with Gasteiger partial charge in [0.05, 0.1) is 22.4 Å². The van der Waals surface area contributed by atoms with E-state index < -0.39 is 0 Å². The molecule has 0 spiro atoms. The van der Waals surface area contributed by atoms with Crippen LogP contribution in [0.25, 0.3) is 72.1 Å². The van der Waals surface area contributed by atoms with Crippen LogP contribution >= 0.6 is 0 Å². The summed E-state index contributed by atoms with van der Waals surface area (Å²) in [5.74, 6) is 0. The lowest BCUT2D eigenvalue weighted by Gasteiger charge is -2.36. The Morgan fingerprint density at radius 3 is 1.84 bits per heavy atom. The summed E-state index contributed by atoms with van der Waals surface area (Å²) < 4.78 is 2.41. The van der Waals surface area contributed by atoms with Gasteiger partial charge in [0.2, 0.25) is 0 Å². The highest BCUT2D eigenvalue weighted by Crippen LogP contribution is 2.52. The van der Waals surface area contributed by atoms with Crippen molar-refractivity contribution in [3.63, 3.8) is 0 Å². The Morgan fingerprint density at radius 1 is 0.490 bits per heavy atom. The minimum absolute atomic E-state index is 0.151. The van der Waals surface area contributed by atoms with Crippen molar-refractivity contribution in [2.24, 2.45) is 0 Å². The molecule has 49 heavy (non-hydrogen) atoms. The Labute approximate surface area is 286 Å². The van der Waals surface area contributed by atoms with E-state index in [0.717, 1.165) is 28.2 Å². The highest BCUT2D eigenvalue weighted by Gasteiger charge is 2.32. The standard InChI is InChI=1S/C46H33N3/c1-46(2)24-26-48(30-13-4-3-5-14-30)44-29-39-33-16-7-6-15-32(33)38-27-31(49-42-20-10-8-17-35(42)36-18-9-11-21-43(36)49)22-23-34(38)37-19-12-25-47-45(37)40(39)28-41(44)46/h3-29H,1-2H3. The predicted octanol–water partition coefficient (Wildman–Crippen LogP) is 12.1. The Kier molecular flexibility index (Phi) is 5.92. The maximum atomic E-state index is 5.13. The average molecular weight is 628 g/mol. The van der Waals surface area contributed by atoms with E-state index in [9.17, 15) is 0 Å². The van der Waals surface area contributed by atoms with Crippen LogP contribution < -0.4 is 4.90 Å². The van der Waals surface area contributed by atoms with Crippen LogP contribution in [0, 0.1) is 0 Å². The fraction of sp³-hybridized carbons (Fsp3) is 0.0652. The van der Waals surface area contributed by atoms with E-state index in [2.05, 4.69) is 181 Å². The molecule has 0 atom stereocenters. The number of pyridine rings is 1. The smallest absolute Gasteiger partial charge is 0.0786 e. The topological polar surface area (TPSA) is 21.1 Å². The molecule has 6 aromatic carbocycles. The molecule has 3 heterocycles. The number of para-hydroxylation sites is 3. The van der Waals surface area contributed by atoms with Crippen molar-refractivity contribution in [2.75, 3.05) is 4.90 Å². The molecule has 0 bridgehead atoms. The van der Waals surface area contributed by atoms with E-state index >= 15 is 0 Å². The Balaban J connectivity index is 1.27. The first-order chi connectivity index (χ1) is 24.1. The molecule has 3 heteroatoms. The number of hydrogen-bond donors (Lipinski definition) is 0. The van der Waals surface area contributed by atoms with Gasteiger partial charge in [-0.1, -0.05) is 111 Å². The highest BCUT2D eigenvalue weighted by atomic mass is 15.1. The van der Waals surface area contributed by atoms with Gasteiger partial charge in [0.15, 0.2) is 0 Å². The van der Waals surface area contributed by atoms with Crippen molar-refractivity contribution in [1.29, 1.82) is 0 Å². The molecule has 2 aromatic heterocycles. The SMILES string of the molecule is CC1(C)C=CN(c2ccccc2)c2cc3c(cc21)-c1ncccc1-c1ccc(-n2c4ccccc4c4ccccc42)cc1-c1ccccc1-3. The van der Waals surface area contributed by atoms with E-state index in [1.807, 2.05) is 6.20 Å². The average Bonchev–Trinajstić information content (AvgIpc) is 3.48. The molecule has 10 rings (SSSR count). The highest BCUT2D eigenvalue weighted by molar-refractivity contribution is 6.10. The number of hydrogen-bond acceptors (Lipinski definition) is 2. The monoisotopic (exact) mass is 627 g/mol. The first kappa shape index (κ1) is 27.9. The van der Waals surface area contributed by atoms with Gasteiger partial charge in [0.1, 0.15) is 0 Å². The summed E-state index contributed by atoms with van der Waals surface area (Å²) in [7, 11) is 0. The molecule has 8 aromatic rings. The van der Waals surface area contributed by atoms with Crippen molar-refractivity contribution in [1.82, 2.24) is 9.55 Å². The van der Waals surface area contributed by atoms with Gasteiger partial charge in [-0.2, -0.15) is 0 Å². The number of rotatable bonds is 2. The number of allylic oxidation sites excluding steroid dienone is 1. The van der Waals surface area contributed by atoms with Gasteiger partial charge in [0, 0.05) is 51.1 Å². The number of fused-ring (bicyclic) bond motifs is 12. The minimum atomic E-state index is -0.151. The zero-order valence-corrected chi connectivity index (χ0v) is 27.4. The summed E-state index contributed by atoms with van der Waals surface area (Å²) in [6.07, 6.45) is 6.48. The van der Waals surface area contributed by atoms with Crippen molar-refractivity contribution >= 4 is 33.2 Å². The Hall–Kier alpha value is -6.19. The van der Waals surface area contributed by atoms with Crippen LogP contribution in [0.4, 0.5) is 11.4 Å². The molecule has 0 N–H and O–H groups in total. The van der Waals surface area contributed by atoms with Crippen LogP contribution in [0.5, 0.6) is 0 Å². The summed E-state index contributed by atoms with van der Waals surface area (Å²) in [4.78, 5) is 7.45. The third-order valence-electron chi connectivity index (χ3n) is 10.5. The molecule has 0 amide bonds. The second-order valence-corrected chi connectivity index (χ2v) is 13.7. The number of benzene rings is 6. The van der Waals surface area contributed by atoms with Gasteiger partial charge in [0.25, 0.3) is 0 Å². The maximum Gasteiger partial charge on any atom is 0.0786 e. The lowest BCUT2D eigenvalue weighted by Crippen LogP contribution is -2.25. The van der Waals surface area contributed by atoms with Crippen LogP contribution in [-0.4, -0.2) is 9.55 Å². The van der Waals surface area contributed by atoms with Gasteiger partial charge in [-0.05, 0) is 88.0 Å². The number of aromatic nitrogens is 2. The third kappa shape index (κ3) is 4.12. The summed E-state index contributed by atoms with van der Waals surface area (Å²) in [6.45, 7) is 4.61. The van der Waals surface area contributed by atoms with Gasteiger partial charge in [-0.3, -0.25) is 4.98 Å². The van der Waals surface area contributed by atoms with Crippen LogP contribution in [0.15, 0.2) is 164 Å². The zero-order valence-electron chi connectivity index (χ0n) is 27.4. The maximum absolute atomic E-state index is 5.13. The van der Waals surface area contributed by atoms with Gasteiger partial charge < -0.3 is 9.47 Å². The van der Waals surface area contributed by atoms with E-state index in [1.165, 1.54) is 60.9 Å².